The zero-order valence-electron chi connectivity index (χ0n) is 35.9. The van der Waals surface area contributed by atoms with E-state index in [-0.39, 0.29) is 79.2 Å². The van der Waals surface area contributed by atoms with Crippen molar-refractivity contribution in [2.75, 3.05) is 13.1 Å². The second kappa shape index (κ2) is 17.8. The molecule has 20 heteroatoms. The van der Waals surface area contributed by atoms with E-state index in [0.29, 0.717) is 28.6 Å². The maximum absolute atomic E-state index is 14.2. The molecule has 2 aliphatic heterocycles. The van der Waals surface area contributed by atoms with Gasteiger partial charge in [0, 0.05) is 55.7 Å². The number of thiophene rings is 1. The number of halogens is 2. The molecule has 3 aromatic heterocycles. The lowest BCUT2D eigenvalue weighted by Crippen LogP contribution is -2.53. The number of Topliss-reactive ketones (excluding diaryl/α,β-unsaturated/α-hetero) is 1. The van der Waals surface area contributed by atoms with E-state index < -0.39 is 55.0 Å². The van der Waals surface area contributed by atoms with Gasteiger partial charge in [-0.1, -0.05) is 52.0 Å². The Labute approximate surface area is 379 Å². The van der Waals surface area contributed by atoms with Gasteiger partial charge in [0.05, 0.1) is 34.3 Å². The van der Waals surface area contributed by atoms with Crippen LogP contribution in [-0.4, -0.2) is 81.3 Å². The van der Waals surface area contributed by atoms with Gasteiger partial charge in [-0.2, -0.15) is 19.9 Å². The fraction of sp³-hybridized carbons (Fsp3) is 0.311. The summed E-state index contributed by atoms with van der Waals surface area (Å²) in [7, 11) is -8.05. The molecule has 0 saturated heterocycles. The molecular weight excluding hydrogens is 899 g/mol. The molecule has 0 spiro atoms. The third-order valence-electron chi connectivity index (χ3n) is 11.5. The fourth-order valence-corrected chi connectivity index (χ4v) is 11.4. The molecule has 0 unspecified atom stereocenters. The Morgan fingerprint density at radius 1 is 0.708 bits per heavy atom. The average Bonchev–Trinajstić information content (AvgIpc) is 4.05. The standard InChI is InChI=1S/C45H46F2N8O7S3/c1-5-37(56)38-35-25-52(64(59,60)33-14-10-31(46)11-15-33)19-21-54(35)41(49-38)29-8-6-28(7-9-29)24-48-44(58)40(45(2,3)4)51-43(57)39-36-26-53(65(61,62)34-16-12-32(47)13-17-34)20-22-55(36)42(50-39)30-18-23-63-27-30/h6-18,23,27,40H,5,19-22,24-26H2,1-4H3,(H,48,58)(H,51,57)/t40-/m1/s1. The number of hydrogen-bond donors (Lipinski definition) is 2. The molecule has 0 aliphatic carbocycles. The molecule has 65 heavy (non-hydrogen) atoms. The van der Waals surface area contributed by atoms with Crippen LogP contribution in [0, 0.1) is 17.0 Å². The smallest absolute Gasteiger partial charge is 0.272 e. The third-order valence-corrected chi connectivity index (χ3v) is 15.9. The highest BCUT2D eigenvalue weighted by molar-refractivity contribution is 7.89. The van der Waals surface area contributed by atoms with Crippen molar-refractivity contribution in [3.8, 4) is 22.8 Å². The van der Waals surface area contributed by atoms with Gasteiger partial charge in [0.15, 0.2) is 11.5 Å². The van der Waals surface area contributed by atoms with Crippen molar-refractivity contribution in [3.05, 3.63) is 130 Å². The van der Waals surface area contributed by atoms with Crippen LogP contribution in [0.4, 0.5) is 8.78 Å². The Kier molecular flexibility index (Phi) is 12.5. The molecule has 5 heterocycles. The first-order chi connectivity index (χ1) is 30.9. The summed E-state index contributed by atoms with van der Waals surface area (Å²) >= 11 is 1.45. The zero-order chi connectivity index (χ0) is 46.4. The van der Waals surface area contributed by atoms with E-state index in [9.17, 15) is 40.0 Å². The molecule has 2 amide bonds. The minimum atomic E-state index is -4.06. The van der Waals surface area contributed by atoms with Crippen molar-refractivity contribution in [1.82, 2.24) is 38.3 Å². The maximum Gasteiger partial charge on any atom is 0.272 e. The molecule has 15 nitrogen and oxygen atoms in total. The van der Waals surface area contributed by atoms with Crippen LogP contribution >= 0.6 is 11.3 Å². The highest BCUT2D eigenvalue weighted by Gasteiger charge is 2.38. The molecule has 0 fully saturated rings. The van der Waals surface area contributed by atoms with Crippen molar-refractivity contribution in [2.45, 2.75) is 82.7 Å². The van der Waals surface area contributed by atoms with Crippen molar-refractivity contribution in [3.63, 3.8) is 0 Å². The molecule has 8 rings (SSSR count). The second-order valence-electron chi connectivity index (χ2n) is 16.8. The molecule has 0 bridgehead atoms. The number of fused-ring (bicyclic) bond motifs is 2. The monoisotopic (exact) mass is 944 g/mol. The van der Waals surface area contributed by atoms with Gasteiger partial charge in [-0.15, -0.1) is 0 Å². The highest BCUT2D eigenvalue weighted by Crippen LogP contribution is 2.33. The van der Waals surface area contributed by atoms with Gasteiger partial charge in [0.1, 0.15) is 35.0 Å². The maximum atomic E-state index is 14.2. The normalized spacial score (nSPS) is 15.2. The largest absolute Gasteiger partial charge is 0.350 e. The summed E-state index contributed by atoms with van der Waals surface area (Å²) in [6.07, 6.45) is 0.158. The summed E-state index contributed by atoms with van der Waals surface area (Å²) in [5.41, 5.74) is 2.34. The molecule has 2 aliphatic rings. The molecule has 340 valence electrons. The first kappa shape index (κ1) is 45.6. The number of carbonyl (C=O) groups excluding carboxylic acids is 3. The van der Waals surface area contributed by atoms with E-state index in [1.165, 1.54) is 44.2 Å². The lowest BCUT2D eigenvalue weighted by Gasteiger charge is -2.31. The van der Waals surface area contributed by atoms with Crippen LogP contribution in [-0.2, 0) is 57.6 Å². The number of ketones is 1. The van der Waals surface area contributed by atoms with Crippen molar-refractivity contribution >= 4 is 49.0 Å². The highest BCUT2D eigenvalue weighted by atomic mass is 32.2. The Morgan fingerprint density at radius 3 is 1.71 bits per heavy atom. The molecule has 6 aromatic rings. The van der Waals surface area contributed by atoms with E-state index in [4.69, 9.17) is 9.97 Å². The number of rotatable bonds is 13. The minimum absolute atomic E-state index is 0.0185. The quantitative estimate of drug-likeness (QED) is 0.127. The van der Waals surface area contributed by atoms with E-state index in [1.54, 1.807) is 31.2 Å². The van der Waals surface area contributed by atoms with Crippen LogP contribution in [0.5, 0.6) is 0 Å². The van der Waals surface area contributed by atoms with Crippen LogP contribution in [0.2, 0.25) is 0 Å². The number of carbonyl (C=O) groups is 3. The van der Waals surface area contributed by atoms with Crippen molar-refractivity contribution in [2.24, 2.45) is 5.41 Å². The fourth-order valence-electron chi connectivity index (χ4n) is 7.95. The summed E-state index contributed by atoms with van der Waals surface area (Å²) in [6, 6.07) is 17.2. The van der Waals surface area contributed by atoms with Gasteiger partial charge in [0.2, 0.25) is 26.0 Å². The molecule has 0 radical (unpaired) electrons. The summed E-state index contributed by atoms with van der Waals surface area (Å²) in [5, 5.41) is 9.56. The molecule has 3 aromatic carbocycles. The number of nitrogens with one attached hydrogen (secondary N) is 2. The zero-order valence-corrected chi connectivity index (χ0v) is 38.4. The summed E-state index contributed by atoms with van der Waals surface area (Å²) in [5.74, 6) is -1.51. The van der Waals surface area contributed by atoms with Crippen LogP contribution in [0.1, 0.15) is 72.0 Å². The molecular formula is C45H46F2N8O7S3. The SMILES string of the molecule is CCC(=O)c1nc(-c2ccc(CNC(=O)[C@@H](NC(=O)c3nc(-c4ccsc4)n4c3CN(S(=O)(=O)c3ccc(F)cc3)CC4)C(C)(C)C)cc2)n2c1CN(S(=O)(=O)c1ccc(F)cc1)CC2. The average molecular weight is 945 g/mol. The number of sulfonamides is 2. The number of amides is 2. The predicted octanol–water partition coefficient (Wildman–Crippen LogP) is 6.22. The van der Waals surface area contributed by atoms with Gasteiger partial charge >= 0.3 is 0 Å². The van der Waals surface area contributed by atoms with Gasteiger partial charge in [0.25, 0.3) is 5.91 Å². The third kappa shape index (κ3) is 9.04. The topological polar surface area (TPSA) is 186 Å². The van der Waals surface area contributed by atoms with Crippen LogP contribution in [0.25, 0.3) is 22.8 Å². The number of imidazole rings is 2. The van der Waals surface area contributed by atoms with E-state index >= 15 is 0 Å². The van der Waals surface area contributed by atoms with E-state index in [0.717, 1.165) is 35.4 Å². The molecule has 2 N–H and O–H groups in total. The Balaban J connectivity index is 0.987. The van der Waals surface area contributed by atoms with Gasteiger partial charge in [-0.05, 0) is 71.0 Å². The number of nitrogens with zero attached hydrogens (tertiary/aromatic N) is 6. The molecule has 0 saturated carbocycles. The minimum Gasteiger partial charge on any atom is -0.350 e. The Morgan fingerprint density at radius 2 is 1.22 bits per heavy atom. The predicted molar refractivity (Wildman–Crippen MR) is 238 cm³/mol. The lowest BCUT2D eigenvalue weighted by molar-refractivity contribution is -0.125. The van der Waals surface area contributed by atoms with Crippen LogP contribution in [0.3, 0.4) is 0 Å². The van der Waals surface area contributed by atoms with E-state index in [1.807, 2.05) is 46.7 Å². The van der Waals surface area contributed by atoms with Crippen molar-refractivity contribution < 1.29 is 40.0 Å². The number of benzene rings is 3. The van der Waals surface area contributed by atoms with Crippen LogP contribution < -0.4 is 10.6 Å². The summed E-state index contributed by atoms with van der Waals surface area (Å²) in [6.45, 7) is 7.55. The van der Waals surface area contributed by atoms with E-state index in [2.05, 4.69) is 10.6 Å². The van der Waals surface area contributed by atoms with Gasteiger partial charge in [-0.25, -0.2) is 35.6 Å². The summed E-state index contributed by atoms with van der Waals surface area (Å²) < 4.78 is 87.7. The summed E-state index contributed by atoms with van der Waals surface area (Å²) in [4.78, 5) is 50.6. The second-order valence-corrected chi connectivity index (χ2v) is 21.5. The Bertz CT molecular complexity index is 3000. The Hall–Kier alpha value is -5.93. The first-order valence-electron chi connectivity index (χ1n) is 20.8. The van der Waals surface area contributed by atoms with Crippen LogP contribution in [0.15, 0.2) is 99.4 Å². The van der Waals surface area contributed by atoms with Gasteiger partial charge < -0.3 is 19.8 Å². The number of aromatic nitrogens is 4. The van der Waals surface area contributed by atoms with Gasteiger partial charge in [-0.3, -0.25) is 14.4 Å². The first-order valence-corrected chi connectivity index (χ1v) is 24.6. The lowest BCUT2D eigenvalue weighted by atomic mass is 9.86. The number of hydrogen-bond acceptors (Lipinski definition) is 10. The van der Waals surface area contributed by atoms with Crippen molar-refractivity contribution in [1.29, 1.82) is 0 Å². The molecule has 1 atom stereocenters.